The number of amides is 1. The third kappa shape index (κ3) is 4.64. The van der Waals surface area contributed by atoms with E-state index in [4.69, 9.17) is 0 Å². The molecule has 1 atom stereocenters. The van der Waals surface area contributed by atoms with Gasteiger partial charge in [-0.15, -0.1) is 0 Å². The average molecular weight is 435 g/mol. The third-order valence-electron chi connectivity index (χ3n) is 5.72. The van der Waals surface area contributed by atoms with Gasteiger partial charge in [-0.3, -0.25) is 9.52 Å². The molecule has 0 fully saturated rings. The maximum atomic E-state index is 13.0. The van der Waals surface area contributed by atoms with E-state index >= 15 is 0 Å². The van der Waals surface area contributed by atoms with Crippen molar-refractivity contribution < 1.29 is 13.2 Å². The Bertz CT molecular complexity index is 1220. The summed E-state index contributed by atoms with van der Waals surface area (Å²) < 4.78 is 28.6. The van der Waals surface area contributed by atoms with E-state index in [0.717, 1.165) is 30.4 Å². The Morgan fingerprint density at radius 1 is 0.968 bits per heavy atom. The molecular formula is C25H26N2O3S. The lowest BCUT2D eigenvalue weighted by Crippen LogP contribution is -2.31. The van der Waals surface area contributed by atoms with Crippen LogP contribution in [-0.2, 0) is 16.4 Å². The number of carbonyl (C=O) groups is 1. The summed E-state index contributed by atoms with van der Waals surface area (Å²) >= 11 is 0. The number of fused-ring (bicyclic) bond motifs is 1. The number of nitrogens with one attached hydrogen (secondary N) is 2. The highest BCUT2D eigenvalue weighted by Crippen LogP contribution is 2.30. The Morgan fingerprint density at radius 2 is 1.71 bits per heavy atom. The van der Waals surface area contributed by atoms with Crippen LogP contribution < -0.4 is 10.0 Å². The predicted octanol–water partition coefficient (Wildman–Crippen LogP) is 4.91. The van der Waals surface area contributed by atoms with Crippen LogP contribution in [0, 0.1) is 13.8 Å². The molecule has 3 aromatic carbocycles. The van der Waals surface area contributed by atoms with Crippen LogP contribution in [0.5, 0.6) is 0 Å². The number of sulfonamides is 1. The van der Waals surface area contributed by atoms with E-state index in [-0.39, 0.29) is 16.8 Å². The molecule has 0 saturated carbocycles. The van der Waals surface area contributed by atoms with Gasteiger partial charge in [0.15, 0.2) is 0 Å². The number of benzene rings is 3. The first kappa shape index (κ1) is 21.1. The van der Waals surface area contributed by atoms with Gasteiger partial charge in [0.1, 0.15) is 0 Å². The van der Waals surface area contributed by atoms with Gasteiger partial charge >= 0.3 is 0 Å². The molecule has 0 radical (unpaired) electrons. The molecule has 1 amide bonds. The van der Waals surface area contributed by atoms with E-state index in [1.165, 1.54) is 11.6 Å². The van der Waals surface area contributed by atoms with Crippen LogP contribution >= 0.6 is 0 Å². The molecule has 5 nitrogen and oxygen atoms in total. The van der Waals surface area contributed by atoms with Crippen molar-refractivity contribution in [2.45, 2.75) is 44.0 Å². The van der Waals surface area contributed by atoms with Crippen molar-refractivity contribution in [3.63, 3.8) is 0 Å². The summed E-state index contributed by atoms with van der Waals surface area (Å²) in [4.78, 5) is 13.1. The fraction of sp³-hybridized carbons (Fsp3) is 0.240. The largest absolute Gasteiger partial charge is 0.345 e. The molecule has 0 spiro atoms. The van der Waals surface area contributed by atoms with E-state index in [0.29, 0.717) is 16.8 Å². The highest BCUT2D eigenvalue weighted by molar-refractivity contribution is 7.92. The number of aryl methyl sites for hydroxylation is 3. The second-order valence-corrected chi connectivity index (χ2v) is 9.72. The molecule has 160 valence electrons. The average Bonchev–Trinajstić information content (AvgIpc) is 2.75. The van der Waals surface area contributed by atoms with Gasteiger partial charge < -0.3 is 5.32 Å². The molecule has 0 heterocycles. The monoisotopic (exact) mass is 434 g/mol. The molecule has 3 aromatic rings. The Balaban J connectivity index is 1.57. The summed E-state index contributed by atoms with van der Waals surface area (Å²) in [6, 6.07) is 20.0. The fourth-order valence-corrected chi connectivity index (χ4v) is 5.34. The quantitative estimate of drug-likeness (QED) is 0.599. The van der Waals surface area contributed by atoms with Gasteiger partial charge in [-0.05, 0) is 74.1 Å². The second-order valence-electron chi connectivity index (χ2n) is 8.07. The van der Waals surface area contributed by atoms with Crippen molar-refractivity contribution in [3.8, 4) is 0 Å². The maximum Gasteiger partial charge on any atom is 0.262 e. The minimum absolute atomic E-state index is 0.0653. The summed E-state index contributed by atoms with van der Waals surface area (Å²) in [5.74, 6) is -0.270. The molecule has 1 aliphatic rings. The van der Waals surface area contributed by atoms with Crippen molar-refractivity contribution in [2.75, 3.05) is 4.72 Å². The lowest BCUT2D eigenvalue weighted by molar-refractivity contribution is 0.0932. The Hall–Kier alpha value is -3.12. The molecule has 1 aliphatic carbocycles. The molecule has 2 N–H and O–H groups in total. The van der Waals surface area contributed by atoms with E-state index < -0.39 is 10.0 Å². The van der Waals surface area contributed by atoms with Gasteiger partial charge in [-0.1, -0.05) is 48.0 Å². The molecule has 0 aliphatic heterocycles. The lowest BCUT2D eigenvalue weighted by Gasteiger charge is -2.26. The van der Waals surface area contributed by atoms with E-state index in [2.05, 4.69) is 22.2 Å². The topological polar surface area (TPSA) is 75.3 Å². The zero-order valence-corrected chi connectivity index (χ0v) is 18.5. The highest BCUT2D eigenvalue weighted by Gasteiger charge is 2.24. The number of hydrogen-bond acceptors (Lipinski definition) is 3. The summed E-state index contributed by atoms with van der Waals surface area (Å²) in [6.45, 7) is 3.66. The van der Waals surface area contributed by atoms with Crippen LogP contribution in [0.2, 0.25) is 0 Å². The zero-order valence-electron chi connectivity index (χ0n) is 17.7. The number of carbonyl (C=O) groups excluding carboxylic acids is 1. The third-order valence-corrected chi connectivity index (χ3v) is 7.24. The number of rotatable bonds is 5. The Kier molecular flexibility index (Phi) is 5.83. The Morgan fingerprint density at radius 3 is 2.48 bits per heavy atom. The standard InChI is InChI=1S/C25H26N2O3S/c1-17-10-14-21(15-11-17)27-31(29,30)24-16-20(13-12-18(24)2)25(28)26-23-9-5-7-19-6-3-4-8-22(19)23/h3-4,6,8,10-16,23,27H,5,7,9H2,1-2H3,(H,26,28)/t23-/m0/s1. The van der Waals surface area contributed by atoms with Gasteiger partial charge in [0.05, 0.1) is 10.9 Å². The van der Waals surface area contributed by atoms with E-state index in [1.54, 1.807) is 31.2 Å². The van der Waals surface area contributed by atoms with Crippen LogP contribution in [-0.4, -0.2) is 14.3 Å². The number of anilines is 1. The normalized spacial score (nSPS) is 15.7. The first-order valence-electron chi connectivity index (χ1n) is 10.4. The summed E-state index contributed by atoms with van der Waals surface area (Å²) in [6.07, 6.45) is 2.89. The molecule has 0 saturated heterocycles. The molecule has 31 heavy (non-hydrogen) atoms. The molecule has 0 unspecified atom stereocenters. The van der Waals surface area contributed by atoms with E-state index in [9.17, 15) is 13.2 Å². The summed E-state index contributed by atoms with van der Waals surface area (Å²) in [5.41, 5.74) is 4.84. The highest BCUT2D eigenvalue weighted by atomic mass is 32.2. The predicted molar refractivity (Wildman–Crippen MR) is 123 cm³/mol. The first-order chi connectivity index (χ1) is 14.8. The molecule has 0 aromatic heterocycles. The van der Waals surface area contributed by atoms with Gasteiger partial charge in [0, 0.05) is 11.3 Å². The van der Waals surface area contributed by atoms with Crippen molar-refractivity contribution in [1.82, 2.24) is 5.32 Å². The van der Waals surface area contributed by atoms with Gasteiger partial charge in [0.2, 0.25) is 0 Å². The maximum absolute atomic E-state index is 13.0. The van der Waals surface area contributed by atoms with Crippen molar-refractivity contribution in [3.05, 3.63) is 94.5 Å². The minimum Gasteiger partial charge on any atom is -0.345 e. The van der Waals surface area contributed by atoms with Crippen LogP contribution in [0.15, 0.2) is 71.6 Å². The van der Waals surface area contributed by atoms with Crippen LogP contribution in [0.25, 0.3) is 0 Å². The Labute approximate surface area is 183 Å². The lowest BCUT2D eigenvalue weighted by atomic mass is 9.87. The van der Waals surface area contributed by atoms with Crippen molar-refractivity contribution in [2.24, 2.45) is 0 Å². The molecule has 0 bridgehead atoms. The van der Waals surface area contributed by atoms with Crippen molar-refractivity contribution >= 4 is 21.6 Å². The fourth-order valence-electron chi connectivity index (χ4n) is 4.01. The smallest absolute Gasteiger partial charge is 0.262 e. The van der Waals surface area contributed by atoms with Gasteiger partial charge in [-0.25, -0.2) is 8.42 Å². The zero-order chi connectivity index (χ0) is 22.0. The first-order valence-corrected chi connectivity index (χ1v) is 11.9. The molecule has 4 rings (SSSR count). The van der Waals surface area contributed by atoms with Crippen LogP contribution in [0.4, 0.5) is 5.69 Å². The SMILES string of the molecule is Cc1ccc(NS(=O)(=O)c2cc(C(=O)N[C@H]3CCCc4ccccc43)ccc2C)cc1. The second kappa shape index (κ2) is 8.55. The van der Waals surface area contributed by atoms with Gasteiger partial charge in [0.25, 0.3) is 15.9 Å². The summed E-state index contributed by atoms with van der Waals surface area (Å²) in [7, 11) is -3.82. The van der Waals surface area contributed by atoms with E-state index in [1.807, 2.05) is 31.2 Å². The van der Waals surface area contributed by atoms with Gasteiger partial charge in [-0.2, -0.15) is 0 Å². The van der Waals surface area contributed by atoms with Crippen LogP contribution in [0.3, 0.4) is 0 Å². The summed E-state index contributed by atoms with van der Waals surface area (Å²) in [5, 5.41) is 3.09. The van der Waals surface area contributed by atoms with Crippen LogP contribution in [0.1, 0.15) is 51.5 Å². The minimum atomic E-state index is -3.82. The van der Waals surface area contributed by atoms with Crippen molar-refractivity contribution in [1.29, 1.82) is 0 Å². The molecule has 6 heteroatoms. The number of hydrogen-bond donors (Lipinski definition) is 2. The molecular weight excluding hydrogens is 408 g/mol.